The van der Waals surface area contributed by atoms with Crippen LogP contribution in [0.15, 0.2) is 11.4 Å². The van der Waals surface area contributed by atoms with Crippen molar-refractivity contribution in [3.63, 3.8) is 0 Å². The Hall–Kier alpha value is -1.74. The third-order valence-corrected chi connectivity index (χ3v) is 4.32. The van der Waals surface area contributed by atoms with Crippen molar-refractivity contribution in [2.45, 2.75) is 19.4 Å². The Bertz CT molecular complexity index is 493. The number of hydrogen-bond acceptors (Lipinski definition) is 7. The van der Waals surface area contributed by atoms with Crippen molar-refractivity contribution < 1.29 is 10.0 Å². The Labute approximate surface area is 121 Å². The molecule has 0 aliphatic carbocycles. The molecule has 1 aliphatic heterocycles. The summed E-state index contributed by atoms with van der Waals surface area (Å²) in [6.07, 6.45) is 1.49. The molecule has 1 aliphatic rings. The molecular formula is C11H18N6O2S. The molecule has 20 heavy (non-hydrogen) atoms. The number of amides is 1. The zero-order valence-corrected chi connectivity index (χ0v) is 12.3. The van der Waals surface area contributed by atoms with Gasteiger partial charge in [-0.15, -0.1) is 5.10 Å². The maximum Gasteiger partial charge on any atom is 0.267 e. The number of nitrogens with two attached hydrogens (primary N) is 1. The van der Waals surface area contributed by atoms with Crippen molar-refractivity contribution in [3.05, 3.63) is 11.1 Å². The van der Waals surface area contributed by atoms with Crippen LogP contribution in [0.1, 0.15) is 23.5 Å². The van der Waals surface area contributed by atoms with Gasteiger partial charge in [0.15, 0.2) is 5.84 Å². The Kier molecular flexibility index (Phi) is 4.19. The second kappa shape index (κ2) is 5.71. The fourth-order valence-corrected chi connectivity index (χ4v) is 2.65. The van der Waals surface area contributed by atoms with Gasteiger partial charge in [0.1, 0.15) is 4.88 Å². The molecule has 1 amide bonds. The van der Waals surface area contributed by atoms with Crippen molar-refractivity contribution >= 4 is 23.3 Å². The SMILES string of the molecule is CC(C)(C(N)=NO)N1CCN(C(=O)c2cnns2)CC1. The monoisotopic (exact) mass is 298 g/mol. The highest BCUT2D eigenvalue weighted by Crippen LogP contribution is 2.18. The summed E-state index contributed by atoms with van der Waals surface area (Å²) in [6, 6.07) is 0. The molecule has 2 heterocycles. The van der Waals surface area contributed by atoms with E-state index in [0.29, 0.717) is 31.1 Å². The summed E-state index contributed by atoms with van der Waals surface area (Å²) in [7, 11) is 0. The lowest BCUT2D eigenvalue weighted by Crippen LogP contribution is -2.60. The quantitative estimate of drug-likeness (QED) is 0.347. The molecule has 0 spiro atoms. The summed E-state index contributed by atoms with van der Waals surface area (Å²) in [5, 5.41) is 15.6. The van der Waals surface area contributed by atoms with Crippen molar-refractivity contribution in [3.8, 4) is 0 Å². The third-order valence-electron chi connectivity index (χ3n) is 3.66. The molecule has 0 saturated carbocycles. The molecule has 1 saturated heterocycles. The van der Waals surface area contributed by atoms with Gasteiger partial charge in [-0.3, -0.25) is 9.69 Å². The van der Waals surface area contributed by atoms with E-state index in [0.717, 1.165) is 11.5 Å². The first-order chi connectivity index (χ1) is 9.46. The van der Waals surface area contributed by atoms with E-state index >= 15 is 0 Å². The van der Waals surface area contributed by atoms with Gasteiger partial charge in [-0.25, -0.2) is 0 Å². The van der Waals surface area contributed by atoms with Crippen LogP contribution >= 0.6 is 11.5 Å². The van der Waals surface area contributed by atoms with E-state index in [-0.39, 0.29) is 11.7 Å². The van der Waals surface area contributed by atoms with E-state index in [1.807, 2.05) is 13.8 Å². The number of aromatic nitrogens is 2. The average Bonchev–Trinajstić information content (AvgIpc) is 2.99. The minimum absolute atomic E-state index is 0.0405. The fourth-order valence-electron chi connectivity index (χ4n) is 2.17. The van der Waals surface area contributed by atoms with Crippen LogP contribution < -0.4 is 5.73 Å². The lowest BCUT2D eigenvalue weighted by atomic mass is 10.0. The van der Waals surface area contributed by atoms with E-state index < -0.39 is 5.54 Å². The van der Waals surface area contributed by atoms with Crippen LogP contribution in [0.5, 0.6) is 0 Å². The van der Waals surface area contributed by atoms with Crippen molar-refractivity contribution in [1.82, 2.24) is 19.4 Å². The van der Waals surface area contributed by atoms with Gasteiger partial charge in [-0.1, -0.05) is 9.64 Å². The normalized spacial score (nSPS) is 18.3. The predicted molar refractivity (Wildman–Crippen MR) is 74.9 cm³/mol. The van der Waals surface area contributed by atoms with Crippen LogP contribution in [0.25, 0.3) is 0 Å². The molecular weight excluding hydrogens is 280 g/mol. The van der Waals surface area contributed by atoms with E-state index in [1.54, 1.807) is 4.90 Å². The van der Waals surface area contributed by atoms with Crippen LogP contribution in [0.2, 0.25) is 0 Å². The molecule has 0 radical (unpaired) electrons. The van der Waals surface area contributed by atoms with E-state index in [2.05, 4.69) is 19.6 Å². The first-order valence-electron chi connectivity index (χ1n) is 6.26. The average molecular weight is 298 g/mol. The molecule has 1 aromatic rings. The summed E-state index contributed by atoms with van der Waals surface area (Å²) < 4.78 is 3.70. The number of piperazine rings is 1. The van der Waals surface area contributed by atoms with Gasteiger partial charge < -0.3 is 15.8 Å². The lowest BCUT2D eigenvalue weighted by molar-refractivity contribution is 0.0535. The minimum atomic E-state index is -0.532. The number of nitrogens with zero attached hydrogens (tertiary/aromatic N) is 5. The van der Waals surface area contributed by atoms with Gasteiger partial charge in [0.05, 0.1) is 11.7 Å². The second-order valence-electron chi connectivity index (χ2n) is 5.11. The van der Waals surface area contributed by atoms with Crippen molar-refractivity contribution in [2.75, 3.05) is 26.2 Å². The number of carbonyl (C=O) groups is 1. The summed E-state index contributed by atoms with van der Waals surface area (Å²) in [5.74, 6) is 0.130. The fraction of sp³-hybridized carbons (Fsp3) is 0.636. The Morgan fingerprint density at radius 3 is 2.60 bits per heavy atom. The molecule has 0 bridgehead atoms. The first kappa shape index (κ1) is 14.7. The largest absolute Gasteiger partial charge is 0.409 e. The van der Waals surface area contributed by atoms with Crippen molar-refractivity contribution in [1.29, 1.82) is 0 Å². The molecule has 8 nitrogen and oxygen atoms in total. The van der Waals surface area contributed by atoms with Gasteiger partial charge >= 0.3 is 0 Å². The molecule has 9 heteroatoms. The molecule has 110 valence electrons. The molecule has 0 atom stereocenters. The van der Waals surface area contributed by atoms with Crippen LogP contribution in [-0.2, 0) is 0 Å². The zero-order chi connectivity index (χ0) is 14.8. The van der Waals surface area contributed by atoms with Crippen LogP contribution in [0.3, 0.4) is 0 Å². The lowest BCUT2D eigenvalue weighted by Gasteiger charge is -2.43. The predicted octanol–water partition coefficient (Wildman–Crippen LogP) is -0.179. The molecule has 0 aromatic carbocycles. The van der Waals surface area contributed by atoms with Gasteiger partial charge in [0.25, 0.3) is 5.91 Å². The van der Waals surface area contributed by atoms with E-state index in [9.17, 15) is 4.79 Å². The number of amidine groups is 1. The highest BCUT2D eigenvalue weighted by molar-refractivity contribution is 7.07. The van der Waals surface area contributed by atoms with Gasteiger partial charge in [-0.2, -0.15) is 0 Å². The first-order valence-corrected chi connectivity index (χ1v) is 7.04. The molecule has 1 fully saturated rings. The third kappa shape index (κ3) is 2.73. The van der Waals surface area contributed by atoms with Crippen LogP contribution in [-0.4, -0.2) is 68.1 Å². The van der Waals surface area contributed by atoms with Gasteiger partial charge in [0, 0.05) is 26.2 Å². The van der Waals surface area contributed by atoms with Crippen LogP contribution in [0.4, 0.5) is 0 Å². The Morgan fingerprint density at radius 2 is 2.10 bits per heavy atom. The number of carbonyl (C=O) groups excluding carboxylic acids is 1. The zero-order valence-electron chi connectivity index (χ0n) is 11.5. The summed E-state index contributed by atoms with van der Waals surface area (Å²) >= 11 is 1.10. The molecule has 2 rings (SSSR count). The van der Waals surface area contributed by atoms with Crippen molar-refractivity contribution in [2.24, 2.45) is 10.9 Å². The topological polar surface area (TPSA) is 108 Å². The number of rotatable bonds is 3. The Morgan fingerprint density at radius 1 is 1.45 bits per heavy atom. The van der Waals surface area contributed by atoms with E-state index in [1.165, 1.54) is 6.20 Å². The van der Waals surface area contributed by atoms with Gasteiger partial charge in [-0.05, 0) is 25.4 Å². The molecule has 0 unspecified atom stereocenters. The smallest absolute Gasteiger partial charge is 0.267 e. The highest BCUT2D eigenvalue weighted by Gasteiger charge is 2.35. The summed E-state index contributed by atoms with van der Waals surface area (Å²) in [4.78, 5) is 16.6. The highest BCUT2D eigenvalue weighted by atomic mass is 32.1. The maximum atomic E-state index is 12.2. The van der Waals surface area contributed by atoms with Crippen LogP contribution in [0, 0.1) is 0 Å². The summed E-state index contributed by atoms with van der Waals surface area (Å²) in [5.41, 5.74) is 5.18. The minimum Gasteiger partial charge on any atom is -0.409 e. The Balaban J connectivity index is 1.98. The second-order valence-corrected chi connectivity index (χ2v) is 5.89. The summed E-state index contributed by atoms with van der Waals surface area (Å²) in [6.45, 7) is 6.32. The number of hydrogen-bond donors (Lipinski definition) is 2. The van der Waals surface area contributed by atoms with Gasteiger partial charge in [0.2, 0.25) is 0 Å². The number of oxime groups is 1. The van der Waals surface area contributed by atoms with E-state index in [4.69, 9.17) is 10.9 Å². The molecule has 1 aromatic heterocycles. The molecule has 3 N–H and O–H groups in total. The maximum absolute atomic E-state index is 12.2. The standard InChI is InChI=1S/C11H18N6O2S/c1-11(2,10(12)14-19)17-5-3-16(4-6-17)9(18)8-7-13-15-20-8/h7,19H,3-6H2,1-2H3,(H2,12,14).